The molecular weight excluding hydrogens is 191 g/mol. The summed E-state index contributed by atoms with van der Waals surface area (Å²) in [7, 11) is 0. The van der Waals surface area contributed by atoms with Crippen molar-refractivity contribution in [2.45, 2.75) is 0 Å². The van der Waals surface area contributed by atoms with E-state index in [1.165, 1.54) is 10.6 Å². The Hall–Kier alpha value is -1.57. The number of carbonyl (C=O) groups excluding carboxylic acids is 1. The number of carboxylic acid groups (broad SMARTS) is 1. The predicted octanol–water partition coefficient (Wildman–Crippen LogP) is -3.94. The summed E-state index contributed by atoms with van der Waals surface area (Å²) in [5.41, 5.74) is -0.491. The van der Waals surface area contributed by atoms with Gasteiger partial charge in [-0.15, -0.1) is 0 Å². The van der Waals surface area contributed by atoms with Crippen LogP contribution in [0.25, 0.3) is 5.65 Å². The number of fused-ring (bicyclic) bond motifs is 1. The summed E-state index contributed by atoms with van der Waals surface area (Å²) in [6.45, 7) is 0. The summed E-state index contributed by atoms with van der Waals surface area (Å²) in [4.78, 5) is 25.5. The molecule has 0 bridgehead atoms. The summed E-state index contributed by atoms with van der Waals surface area (Å²) in [5.74, 6) is -1.45. The molecule has 0 fully saturated rings. The van der Waals surface area contributed by atoms with Crippen molar-refractivity contribution in [3.8, 4) is 0 Å². The van der Waals surface area contributed by atoms with Crippen LogP contribution in [0.3, 0.4) is 0 Å². The minimum absolute atomic E-state index is 0. The Morgan fingerprint density at radius 2 is 2.13 bits per heavy atom. The average molecular weight is 196 g/mol. The Labute approximate surface area is 96.6 Å². The Morgan fingerprint density at radius 1 is 1.40 bits per heavy atom. The summed E-state index contributed by atoms with van der Waals surface area (Å²) >= 11 is 0. The average Bonchev–Trinajstić information content (AvgIpc) is 2.17. The third kappa shape index (κ3) is 2.09. The van der Waals surface area contributed by atoms with E-state index in [1.54, 1.807) is 18.2 Å². The van der Waals surface area contributed by atoms with Gasteiger partial charge in [0, 0.05) is 12.3 Å². The molecule has 0 atom stereocenters. The molecule has 70 valence electrons. The van der Waals surface area contributed by atoms with Crippen molar-refractivity contribution >= 4 is 11.6 Å². The van der Waals surface area contributed by atoms with E-state index in [0.717, 1.165) is 6.07 Å². The van der Waals surface area contributed by atoms with Gasteiger partial charge in [-0.2, -0.15) is 0 Å². The van der Waals surface area contributed by atoms with Crippen LogP contribution in [0, 0.1) is 0 Å². The topological polar surface area (TPSA) is 74.5 Å². The molecule has 2 rings (SSSR count). The Morgan fingerprint density at radius 3 is 2.80 bits per heavy atom. The second-order valence-electron chi connectivity index (χ2n) is 2.70. The first-order chi connectivity index (χ1) is 6.68. The molecule has 0 saturated heterocycles. The number of nitrogens with zero attached hydrogens (tertiary/aromatic N) is 2. The number of aromatic carboxylic acids is 1. The van der Waals surface area contributed by atoms with E-state index in [4.69, 9.17) is 0 Å². The molecule has 0 aliphatic heterocycles. The maximum Gasteiger partial charge on any atom is 1.00 e. The molecule has 2 aromatic rings. The Bertz CT molecular complexity index is 565. The standard InChI is InChI=1S/C9H6N2O3.Li/c12-8-5-6(9(13)14)10-7-3-1-2-4-11(7)8;/h1-5H,(H,13,14);/q;+1/p-1. The molecule has 0 radical (unpaired) electrons. The third-order valence-electron chi connectivity index (χ3n) is 1.78. The Balaban J connectivity index is 0.00000112. The summed E-state index contributed by atoms with van der Waals surface area (Å²) < 4.78 is 1.26. The summed E-state index contributed by atoms with van der Waals surface area (Å²) in [5, 5.41) is 10.5. The zero-order valence-electron chi connectivity index (χ0n) is 8.01. The summed E-state index contributed by atoms with van der Waals surface area (Å²) in [6.07, 6.45) is 1.52. The van der Waals surface area contributed by atoms with Crippen LogP contribution < -0.4 is 29.5 Å². The van der Waals surface area contributed by atoms with Crippen LogP contribution in [0.4, 0.5) is 0 Å². The molecule has 5 nitrogen and oxygen atoms in total. The minimum atomic E-state index is -1.45. The van der Waals surface area contributed by atoms with Crippen LogP contribution >= 0.6 is 0 Å². The second kappa shape index (κ2) is 4.30. The van der Waals surface area contributed by atoms with E-state index in [1.807, 2.05) is 0 Å². The maximum atomic E-state index is 11.3. The van der Waals surface area contributed by atoms with E-state index in [9.17, 15) is 14.7 Å². The van der Waals surface area contributed by atoms with Crippen LogP contribution in [0.5, 0.6) is 0 Å². The van der Waals surface area contributed by atoms with E-state index < -0.39 is 11.5 Å². The first kappa shape index (κ1) is 11.5. The Kier molecular flexibility index (Phi) is 3.30. The van der Waals surface area contributed by atoms with Gasteiger partial charge in [-0.3, -0.25) is 9.20 Å². The van der Waals surface area contributed by atoms with Gasteiger partial charge >= 0.3 is 18.9 Å². The monoisotopic (exact) mass is 196 g/mol. The van der Waals surface area contributed by atoms with Crippen molar-refractivity contribution < 1.29 is 28.8 Å². The third-order valence-corrected chi connectivity index (χ3v) is 1.78. The van der Waals surface area contributed by atoms with Crippen molar-refractivity contribution in [3.63, 3.8) is 0 Å². The molecule has 0 unspecified atom stereocenters. The first-order valence-corrected chi connectivity index (χ1v) is 3.88. The molecule has 0 N–H and O–H groups in total. The molecule has 2 aromatic heterocycles. The minimum Gasteiger partial charge on any atom is -0.543 e. The number of pyridine rings is 1. The normalized spacial score (nSPS) is 9.60. The zero-order chi connectivity index (χ0) is 10.1. The van der Waals surface area contributed by atoms with Crippen molar-refractivity contribution in [1.29, 1.82) is 0 Å². The van der Waals surface area contributed by atoms with Crippen LogP contribution in [0.15, 0.2) is 35.3 Å². The number of hydrogen-bond donors (Lipinski definition) is 0. The van der Waals surface area contributed by atoms with Crippen LogP contribution in [-0.2, 0) is 0 Å². The van der Waals surface area contributed by atoms with Crippen molar-refractivity contribution in [3.05, 3.63) is 46.5 Å². The molecule has 6 heteroatoms. The zero-order valence-corrected chi connectivity index (χ0v) is 8.01. The number of rotatable bonds is 1. The van der Waals surface area contributed by atoms with Gasteiger partial charge in [0.15, 0.2) is 0 Å². The fraction of sp³-hybridized carbons (Fsp3) is 0. The molecule has 0 aliphatic rings. The molecule has 15 heavy (non-hydrogen) atoms. The fourth-order valence-corrected chi connectivity index (χ4v) is 1.16. The van der Waals surface area contributed by atoms with Gasteiger partial charge in [0.05, 0.1) is 11.7 Å². The number of hydrogen-bond acceptors (Lipinski definition) is 4. The molecular formula is C9H5LiN2O3. The van der Waals surface area contributed by atoms with E-state index >= 15 is 0 Å². The van der Waals surface area contributed by atoms with Crippen molar-refractivity contribution in [1.82, 2.24) is 9.38 Å². The van der Waals surface area contributed by atoms with E-state index in [-0.39, 0.29) is 24.6 Å². The van der Waals surface area contributed by atoms with Crippen molar-refractivity contribution in [2.24, 2.45) is 0 Å². The summed E-state index contributed by atoms with van der Waals surface area (Å²) in [6, 6.07) is 5.81. The van der Waals surface area contributed by atoms with Crippen molar-refractivity contribution in [2.75, 3.05) is 0 Å². The molecule has 2 heterocycles. The molecule has 0 spiro atoms. The number of aromatic nitrogens is 2. The second-order valence-corrected chi connectivity index (χ2v) is 2.70. The van der Waals surface area contributed by atoms with Gasteiger partial charge in [-0.05, 0) is 12.1 Å². The van der Waals surface area contributed by atoms with Crippen LogP contribution in [-0.4, -0.2) is 15.4 Å². The quantitative estimate of drug-likeness (QED) is 0.436. The number of carbonyl (C=O) groups is 1. The first-order valence-electron chi connectivity index (χ1n) is 3.88. The largest absolute Gasteiger partial charge is 1.00 e. The van der Waals surface area contributed by atoms with Crippen LogP contribution in [0.1, 0.15) is 10.5 Å². The van der Waals surface area contributed by atoms with E-state index in [0.29, 0.717) is 5.65 Å². The van der Waals surface area contributed by atoms with Gasteiger partial charge in [-0.1, -0.05) is 6.07 Å². The molecule has 0 amide bonds. The smallest absolute Gasteiger partial charge is 0.543 e. The van der Waals surface area contributed by atoms with Gasteiger partial charge in [0.2, 0.25) is 0 Å². The molecule has 0 aliphatic carbocycles. The van der Waals surface area contributed by atoms with Crippen LogP contribution in [0.2, 0.25) is 0 Å². The number of carboxylic acids is 1. The fourth-order valence-electron chi connectivity index (χ4n) is 1.16. The molecule has 0 aromatic carbocycles. The maximum absolute atomic E-state index is 11.3. The van der Waals surface area contributed by atoms with Gasteiger partial charge in [0.25, 0.3) is 5.56 Å². The van der Waals surface area contributed by atoms with E-state index in [2.05, 4.69) is 4.98 Å². The molecule has 0 saturated carbocycles. The SMILES string of the molecule is O=C([O-])c1cc(=O)n2ccccc2n1.[Li+]. The predicted molar refractivity (Wildman–Crippen MR) is 45.8 cm³/mol. The van der Waals surface area contributed by atoms with Gasteiger partial charge in [-0.25, -0.2) is 4.98 Å². The van der Waals surface area contributed by atoms with Gasteiger partial charge < -0.3 is 9.90 Å². The van der Waals surface area contributed by atoms with Gasteiger partial charge in [0.1, 0.15) is 5.65 Å².